The van der Waals surface area contributed by atoms with Crippen LogP contribution in [0, 0.1) is 18.6 Å². The lowest BCUT2D eigenvalue weighted by molar-refractivity contribution is 0.584. The minimum Gasteiger partial charge on any atom is -0.381 e. The summed E-state index contributed by atoms with van der Waals surface area (Å²) in [5, 5.41) is 4.50. The van der Waals surface area contributed by atoms with Gasteiger partial charge in [-0.15, -0.1) is 0 Å². The number of halogens is 2. The number of nitrogens with zero attached hydrogens (tertiary/aromatic N) is 4. The highest BCUT2D eigenvalue weighted by Crippen LogP contribution is 2.26. The van der Waals surface area contributed by atoms with Gasteiger partial charge in [0.25, 0.3) is 0 Å². The van der Waals surface area contributed by atoms with Crippen LogP contribution in [0.15, 0.2) is 48.5 Å². The van der Waals surface area contributed by atoms with Crippen molar-refractivity contribution < 1.29 is 8.78 Å². The van der Waals surface area contributed by atoms with Crippen molar-refractivity contribution in [3.05, 3.63) is 77.2 Å². The Bertz CT molecular complexity index is 1090. The Hall–Kier alpha value is -3.35. The van der Waals surface area contributed by atoms with Crippen molar-refractivity contribution in [3.63, 3.8) is 0 Å². The standard InChI is InChI=1S/C19H15F2N5/c1-11-17(13-8-14(20)10-15(21)9-13)24-18(22)19-23-16(25-26(11)19)7-12-5-3-2-4-6-12/h2-6,8-10H,7H2,1H3,(H2,22,24). The molecule has 0 aliphatic heterocycles. The van der Waals surface area contributed by atoms with Crippen LogP contribution in [-0.2, 0) is 6.42 Å². The van der Waals surface area contributed by atoms with Crippen molar-refractivity contribution in [1.82, 2.24) is 19.6 Å². The summed E-state index contributed by atoms with van der Waals surface area (Å²) < 4.78 is 28.7. The van der Waals surface area contributed by atoms with E-state index in [0.717, 1.165) is 11.6 Å². The molecule has 4 rings (SSSR count). The van der Waals surface area contributed by atoms with Gasteiger partial charge in [0.15, 0.2) is 17.3 Å². The quantitative estimate of drug-likeness (QED) is 0.613. The highest BCUT2D eigenvalue weighted by Gasteiger charge is 2.16. The molecule has 0 radical (unpaired) electrons. The smallest absolute Gasteiger partial charge is 0.198 e. The molecule has 2 aromatic carbocycles. The van der Waals surface area contributed by atoms with Crippen LogP contribution in [0.2, 0.25) is 0 Å². The van der Waals surface area contributed by atoms with Gasteiger partial charge in [-0.05, 0) is 24.6 Å². The summed E-state index contributed by atoms with van der Waals surface area (Å²) in [5.74, 6) is -0.607. The number of fused-ring (bicyclic) bond motifs is 1. The van der Waals surface area contributed by atoms with Crippen LogP contribution in [0.3, 0.4) is 0 Å². The Morgan fingerprint density at radius 1 is 1.00 bits per heavy atom. The fourth-order valence-corrected chi connectivity index (χ4v) is 2.92. The molecule has 4 aromatic rings. The number of aromatic nitrogens is 4. The average Bonchev–Trinajstić information content (AvgIpc) is 3.03. The topological polar surface area (TPSA) is 69.1 Å². The summed E-state index contributed by atoms with van der Waals surface area (Å²) in [7, 11) is 0. The minimum absolute atomic E-state index is 0.155. The van der Waals surface area contributed by atoms with Gasteiger partial charge >= 0.3 is 0 Å². The van der Waals surface area contributed by atoms with Crippen molar-refractivity contribution >= 4 is 11.5 Å². The van der Waals surface area contributed by atoms with E-state index in [2.05, 4.69) is 15.1 Å². The molecule has 2 aromatic heterocycles. The summed E-state index contributed by atoms with van der Waals surface area (Å²) in [4.78, 5) is 8.75. The van der Waals surface area contributed by atoms with Gasteiger partial charge < -0.3 is 5.73 Å². The summed E-state index contributed by atoms with van der Waals surface area (Å²) in [6.07, 6.45) is 0.547. The molecule has 7 heteroatoms. The Labute approximate surface area is 148 Å². The number of hydrogen-bond donors (Lipinski definition) is 1. The zero-order valence-electron chi connectivity index (χ0n) is 13.9. The zero-order valence-corrected chi connectivity index (χ0v) is 13.9. The molecule has 2 heterocycles. The first-order valence-electron chi connectivity index (χ1n) is 8.03. The van der Waals surface area contributed by atoms with Crippen molar-refractivity contribution in [2.75, 3.05) is 5.73 Å². The van der Waals surface area contributed by atoms with Crippen LogP contribution in [0.4, 0.5) is 14.6 Å². The Kier molecular flexibility index (Phi) is 3.84. The number of hydrogen-bond acceptors (Lipinski definition) is 4. The van der Waals surface area contributed by atoms with E-state index in [9.17, 15) is 8.78 Å². The van der Waals surface area contributed by atoms with Crippen molar-refractivity contribution in [2.45, 2.75) is 13.3 Å². The van der Waals surface area contributed by atoms with E-state index in [1.54, 1.807) is 11.4 Å². The van der Waals surface area contributed by atoms with E-state index in [1.807, 2.05) is 30.3 Å². The second-order valence-corrected chi connectivity index (χ2v) is 6.02. The third-order valence-corrected chi connectivity index (χ3v) is 4.11. The first-order valence-corrected chi connectivity index (χ1v) is 8.03. The van der Waals surface area contributed by atoms with Crippen LogP contribution in [0.1, 0.15) is 17.1 Å². The molecule has 0 aliphatic carbocycles. The van der Waals surface area contributed by atoms with Gasteiger partial charge in [0.05, 0.1) is 11.4 Å². The normalized spacial score (nSPS) is 11.2. The monoisotopic (exact) mass is 351 g/mol. The molecule has 0 atom stereocenters. The average molecular weight is 351 g/mol. The van der Waals surface area contributed by atoms with Crippen molar-refractivity contribution in [1.29, 1.82) is 0 Å². The number of benzene rings is 2. The molecule has 26 heavy (non-hydrogen) atoms. The highest BCUT2D eigenvalue weighted by molar-refractivity contribution is 5.70. The van der Waals surface area contributed by atoms with Crippen molar-refractivity contribution in [3.8, 4) is 11.3 Å². The van der Waals surface area contributed by atoms with Gasteiger partial charge in [-0.25, -0.2) is 23.3 Å². The van der Waals surface area contributed by atoms with Crippen LogP contribution in [0.5, 0.6) is 0 Å². The molecule has 0 amide bonds. The second kappa shape index (κ2) is 6.18. The molecule has 0 saturated heterocycles. The molecule has 0 spiro atoms. The second-order valence-electron chi connectivity index (χ2n) is 6.02. The predicted molar refractivity (Wildman–Crippen MR) is 94.5 cm³/mol. The Balaban J connectivity index is 1.83. The third-order valence-electron chi connectivity index (χ3n) is 4.11. The van der Waals surface area contributed by atoms with Crippen LogP contribution >= 0.6 is 0 Å². The van der Waals surface area contributed by atoms with E-state index in [0.29, 0.717) is 34.8 Å². The Morgan fingerprint density at radius 3 is 2.38 bits per heavy atom. The van der Waals surface area contributed by atoms with E-state index in [4.69, 9.17) is 5.73 Å². The lowest BCUT2D eigenvalue weighted by Crippen LogP contribution is -2.05. The van der Waals surface area contributed by atoms with Gasteiger partial charge in [-0.1, -0.05) is 30.3 Å². The SMILES string of the molecule is Cc1c(-c2cc(F)cc(F)c2)nc(N)c2nc(Cc3ccccc3)nn12. The molecule has 0 fully saturated rings. The molecular formula is C19H15F2N5. The van der Waals surface area contributed by atoms with Gasteiger partial charge in [0, 0.05) is 18.1 Å². The van der Waals surface area contributed by atoms with Gasteiger partial charge in [-0.3, -0.25) is 0 Å². The maximum absolute atomic E-state index is 13.6. The Morgan fingerprint density at radius 2 is 1.69 bits per heavy atom. The first kappa shape index (κ1) is 16.1. The van der Waals surface area contributed by atoms with Crippen LogP contribution in [0.25, 0.3) is 16.9 Å². The first-order chi connectivity index (χ1) is 12.5. The van der Waals surface area contributed by atoms with Gasteiger partial charge in [0.2, 0.25) is 0 Å². The lowest BCUT2D eigenvalue weighted by Gasteiger charge is -2.08. The fraction of sp³-hybridized carbons (Fsp3) is 0.105. The van der Waals surface area contributed by atoms with E-state index < -0.39 is 11.6 Å². The third kappa shape index (κ3) is 2.88. The van der Waals surface area contributed by atoms with E-state index in [1.165, 1.54) is 12.1 Å². The number of aryl methyl sites for hydroxylation is 1. The summed E-state index contributed by atoms with van der Waals surface area (Å²) >= 11 is 0. The van der Waals surface area contributed by atoms with Crippen LogP contribution in [-0.4, -0.2) is 19.6 Å². The maximum Gasteiger partial charge on any atom is 0.198 e. The van der Waals surface area contributed by atoms with Crippen LogP contribution < -0.4 is 5.73 Å². The highest BCUT2D eigenvalue weighted by atomic mass is 19.1. The number of nitrogen functional groups attached to an aromatic ring is 1. The fourth-order valence-electron chi connectivity index (χ4n) is 2.92. The van der Waals surface area contributed by atoms with E-state index in [-0.39, 0.29) is 5.82 Å². The molecular weight excluding hydrogens is 336 g/mol. The lowest BCUT2D eigenvalue weighted by atomic mass is 10.1. The number of nitrogens with two attached hydrogens (primary N) is 1. The van der Waals surface area contributed by atoms with Gasteiger partial charge in [0.1, 0.15) is 11.6 Å². The number of rotatable bonds is 3. The molecule has 0 saturated carbocycles. The maximum atomic E-state index is 13.6. The largest absolute Gasteiger partial charge is 0.381 e. The molecule has 0 unspecified atom stereocenters. The molecule has 0 aliphatic rings. The van der Waals surface area contributed by atoms with Gasteiger partial charge in [-0.2, -0.15) is 5.10 Å². The number of anilines is 1. The van der Waals surface area contributed by atoms with Crippen molar-refractivity contribution in [2.24, 2.45) is 0 Å². The molecule has 130 valence electrons. The predicted octanol–water partition coefficient (Wildman–Crippen LogP) is 3.55. The molecule has 0 bridgehead atoms. The summed E-state index contributed by atoms with van der Waals surface area (Å²) in [6.45, 7) is 1.76. The summed E-state index contributed by atoms with van der Waals surface area (Å²) in [6, 6.07) is 13.1. The summed E-state index contributed by atoms with van der Waals surface area (Å²) in [5.41, 5.74) is 8.79. The molecule has 2 N–H and O–H groups in total. The minimum atomic E-state index is -0.678. The molecule has 5 nitrogen and oxygen atoms in total. The van der Waals surface area contributed by atoms with E-state index >= 15 is 0 Å². The zero-order chi connectivity index (χ0) is 18.3.